The molecule has 0 spiro atoms. The van der Waals surface area contributed by atoms with E-state index in [0.717, 1.165) is 5.56 Å². The van der Waals surface area contributed by atoms with Crippen LogP contribution in [0.5, 0.6) is 11.5 Å². The maximum Gasteiger partial charge on any atom is 0.265 e. The largest absolute Gasteiger partial charge is 0.497 e. The molecule has 0 aliphatic rings. The molecule has 7 heteroatoms. The minimum atomic E-state index is -0.759. The van der Waals surface area contributed by atoms with Gasteiger partial charge in [0.2, 0.25) is 0 Å². The van der Waals surface area contributed by atoms with Crippen LogP contribution in [0.15, 0.2) is 73.1 Å². The van der Waals surface area contributed by atoms with E-state index in [2.05, 4.69) is 15.6 Å². The van der Waals surface area contributed by atoms with Crippen molar-refractivity contribution in [3.05, 3.63) is 84.2 Å². The number of hydrogen-bond acceptors (Lipinski definition) is 5. The Kier molecular flexibility index (Phi) is 7.00. The van der Waals surface area contributed by atoms with E-state index in [1.807, 2.05) is 6.07 Å². The molecule has 1 heterocycles. The van der Waals surface area contributed by atoms with E-state index in [-0.39, 0.29) is 11.8 Å². The summed E-state index contributed by atoms with van der Waals surface area (Å²) >= 11 is 0. The number of ether oxygens (including phenoxy) is 2. The van der Waals surface area contributed by atoms with Crippen LogP contribution in [0, 0.1) is 0 Å². The lowest BCUT2D eigenvalue weighted by Crippen LogP contribution is -2.31. The first kappa shape index (κ1) is 20.9. The van der Waals surface area contributed by atoms with E-state index in [4.69, 9.17) is 9.47 Å². The molecule has 3 rings (SSSR count). The Hall–Kier alpha value is -3.87. The van der Waals surface area contributed by atoms with Crippen LogP contribution in [0.4, 0.5) is 5.69 Å². The van der Waals surface area contributed by atoms with Gasteiger partial charge >= 0.3 is 0 Å². The highest BCUT2D eigenvalue weighted by atomic mass is 16.5. The van der Waals surface area contributed by atoms with Gasteiger partial charge < -0.3 is 20.1 Å². The van der Waals surface area contributed by atoms with Crippen LogP contribution < -0.4 is 20.1 Å². The van der Waals surface area contributed by atoms with E-state index in [0.29, 0.717) is 29.3 Å². The van der Waals surface area contributed by atoms with Crippen molar-refractivity contribution < 1.29 is 19.1 Å². The van der Waals surface area contributed by atoms with E-state index < -0.39 is 6.10 Å². The molecule has 2 aromatic carbocycles. The Labute approximate surface area is 175 Å². The van der Waals surface area contributed by atoms with Crippen LogP contribution in [-0.2, 0) is 11.3 Å². The van der Waals surface area contributed by atoms with Crippen LogP contribution in [0.2, 0.25) is 0 Å². The smallest absolute Gasteiger partial charge is 0.265 e. The second-order valence-corrected chi connectivity index (χ2v) is 6.51. The zero-order valence-corrected chi connectivity index (χ0v) is 16.8. The second-order valence-electron chi connectivity index (χ2n) is 6.51. The molecule has 2 N–H and O–H groups in total. The van der Waals surface area contributed by atoms with Crippen molar-refractivity contribution in [2.24, 2.45) is 0 Å². The zero-order valence-electron chi connectivity index (χ0n) is 16.8. The molecule has 1 aromatic heterocycles. The van der Waals surface area contributed by atoms with Gasteiger partial charge in [0.1, 0.15) is 11.5 Å². The molecule has 0 aliphatic heterocycles. The minimum Gasteiger partial charge on any atom is -0.497 e. The van der Waals surface area contributed by atoms with Gasteiger partial charge in [-0.3, -0.25) is 14.6 Å². The van der Waals surface area contributed by atoms with Gasteiger partial charge in [-0.2, -0.15) is 0 Å². The molecule has 3 aromatic rings. The number of aromatic nitrogens is 1. The molecular formula is C23H23N3O4. The molecule has 0 fully saturated rings. The van der Waals surface area contributed by atoms with Crippen molar-refractivity contribution in [3.63, 3.8) is 0 Å². The maximum atomic E-state index is 12.6. The molecule has 1 unspecified atom stereocenters. The van der Waals surface area contributed by atoms with Gasteiger partial charge in [-0.05, 0) is 55.0 Å². The van der Waals surface area contributed by atoms with Crippen molar-refractivity contribution in [1.29, 1.82) is 0 Å². The van der Waals surface area contributed by atoms with Crippen LogP contribution in [-0.4, -0.2) is 30.0 Å². The first-order valence-electron chi connectivity index (χ1n) is 9.44. The van der Waals surface area contributed by atoms with Gasteiger partial charge in [-0.1, -0.05) is 18.2 Å². The van der Waals surface area contributed by atoms with Crippen molar-refractivity contribution in [2.75, 3.05) is 12.4 Å². The summed E-state index contributed by atoms with van der Waals surface area (Å²) in [6.45, 7) is 1.98. The Balaban J connectivity index is 1.62. The number of carbonyl (C=O) groups is 2. The minimum absolute atomic E-state index is 0.293. The van der Waals surface area contributed by atoms with Gasteiger partial charge in [-0.25, -0.2) is 0 Å². The summed E-state index contributed by atoms with van der Waals surface area (Å²) in [6.07, 6.45) is 2.60. The average molecular weight is 405 g/mol. The van der Waals surface area contributed by atoms with E-state index in [1.165, 1.54) is 0 Å². The lowest BCUT2D eigenvalue weighted by atomic mass is 10.1. The Bertz CT molecular complexity index is 991. The summed E-state index contributed by atoms with van der Waals surface area (Å²) in [7, 11) is 1.58. The van der Waals surface area contributed by atoms with Gasteiger partial charge in [0.05, 0.1) is 18.4 Å². The average Bonchev–Trinajstić information content (AvgIpc) is 2.79. The normalized spacial score (nSPS) is 11.3. The SMILES string of the molecule is COc1ccc(OC(C)C(=O)Nc2ccccc2C(=O)NCc2cccnc2)cc1. The van der Waals surface area contributed by atoms with Gasteiger partial charge in [-0.15, -0.1) is 0 Å². The lowest BCUT2D eigenvalue weighted by molar-refractivity contribution is -0.122. The Morgan fingerprint density at radius 2 is 1.73 bits per heavy atom. The van der Waals surface area contributed by atoms with Crippen LogP contribution in [0.3, 0.4) is 0 Å². The molecule has 1 atom stereocenters. The summed E-state index contributed by atoms with van der Waals surface area (Å²) in [5, 5.41) is 5.61. The fourth-order valence-electron chi connectivity index (χ4n) is 2.72. The van der Waals surface area contributed by atoms with Crippen LogP contribution in [0.1, 0.15) is 22.8 Å². The molecular weight excluding hydrogens is 382 g/mol. The molecule has 30 heavy (non-hydrogen) atoms. The number of rotatable bonds is 8. The number of carbonyl (C=O) groups excluding carboxylic acids is 2. The van der Waals surface area contributed by atoms with Gasteiger partial charge in [0.15, 0.2) is 6.10 Å². The summed E-state index contributed by atoms with van der Waals surface area (Å²) in [5.41, 5.74) is 1.66. The number of pyridine rings is 1. The third-order valence-electron chi connectivity index (χ3n) is 4.35. The molecule has 154 valence electrons. The topological polar surface area (TPSA) is 89.5 Å². The summed E-state index contributed by atoms with van der Waals surface area (Å²) in [4.78, 5) is 29.2. The maximum absolute atomic E-state index is 12.6. The molecule has 0 radical (unpaired) electrons. The van der Waals surface area contributed by atoms with Crippen molar-refractivity contribution >= 4 is 17.5 Å². The van der Waals surface area contributed by atoms with Gasteiger partial charge in [0, 0.05) is 18.9 Å². The Morgan fingerprint density at radius 1 is 1.00 bits per heavy atom. The highest BCUT2D eigenvalue weighted by molar-refractivity contribution is 6.04. The fraction of sp³-hybridized carbons (Fsp3) is 0.174. The molecule has 0 saturated heterocycles. The molecule has 0 bridgehead atoms. The van der Waals surface area contributed by atoms with Gasteiger partial charge in [0.25, 0.3) is 11.8 Å². The van der Waals surface area contributed by atoms with E-state index in [9.17, 15) is 9.59 Å². The van der Waals surface area contributed by atoms with E-state index >= 15 is 0 Å². The predicted molar refractivity (Wildman–Crippen MR) is 114 cm³/mol. The third-order valence-corrected chi connectivity index (χ3v) is 4.35. The third kappa shape index (κ3) is 5.57. The summed E-state index contributed by atoms with van der Waals surface area (Å²) in [6, 6.07) is 17.5. The highest BCUT2D eigenvalue weighted by Crippen LogP contribution is 2.20. The first-order valence-corrected chi connectivity index (χ1v) is 9.44. The molecule has 2 amide bonds. The molecule has 0 aliphatic carbocycles. The monoisotopic (exact) mass is 405 g/mol. The number of hydrogen-bond donors (Lipinski definition) is 2. The number of nitrogens with zero attached hydrogens (tertiary/aromatic N) is 1. The van der Waals surface area contributed by atoms with Crippen molar-refractivity contribution in [1.82, 2.24) is 10.3 Å². The zero-order chi connectivity index (χ0) is 21.3. The standard InChI is InChI=1S/C23H23N3O4/c1-16(30-19-11-9-18(29-2)10-12-19)22(27)26-21-8-4-3-7-20(21)23(28)25-15-17-6-5-13-24-14-17/h3-14,16H,15H2,1-2H3,(H,25,28)(H,26,27). The number of amides is 2. The Morgan fingerprint density at radius 3 is 2.43 bits per heavy atom. The quantitative estimate of drug-likeness (QED) is 0.599. The lowest BCUT2D eigenvalue weighted by Gasteiger charge is -2.16. The fourth-order valence-corrected chi connectivity index (χ4v) is 2.72. The van der Waals surface area contributed by atoms with Crippen molar-refractivity contribution in [3.8, 4) is 11.5 Å². The first-order chi connectivity index (χ1) is 14.6. The predicted octanol–water partition coefficient (Wildman–Crippen LogP) is 3.43. The number of anilines is 1. The number of methoxy groups -OCH3 is 1. The van der Waals surface area contributed by atoms with Crippen LogP contribution in [0.25, 0.3) is 0 Å². The number of para-hydroxylation sites is 1. The molecule has 0 saturated carbocycles. The summed E-state index contributed by atoms with van der Waals surface area (Å²) < 4.78 is 10.8. The summed E-state index contributed by atoms with van der Waals surface area (Å²) in [5.74, 6) is 0.587. The molecule has 7 nitrogen and oxygen atoms in total. The number of nitrogens with one attached hydrogen (secondary N) is 2. The van der Waals surface area contributed by atoms with Crippen molar-refractivity contribution in [2.45, 2.75) is 19.6 Å². The van der Waals surface area contributed by atoms with E-state index in [1.54, 1.807) is 81.0 Å². The second kappa shape index (κ2) is 10.1. The number of benzene rings is 2. The van der Waals surface area contributed by atoms with Crippen LogP contribution >= 0.6 is 0 Å². The highest BCUT2D eigenvalue weighted by Gasteiger charge is 2.18.